The van der Waals surface area contributed by atoms with Crippen LogP contribution in [0.15, 0.2) is 42.6 Å². The molecule has 0 aliphatic rings. The van der Waals surface area contributed by atoms with Crippen LogP contribution < -0.4 is 5.73 Å². The zero-order chi connectivity index (χ0) is 8.27. The minimum atomic E-state index is 0.260. The molecule has 0 aromatic heterocycles. The Morgan fingerprint density at radius 3 is 2.36 bits per heavy atom. The van der Waals surface area contributed by atoms with Gasteiger partial charge in [-0.1, -0.05) is 43.8 Å². The van der Waals surface area contributed by atoms with Gasteiger partial charge in [-0.3, -0.25) is 0 Å². The topological polar surface area (TPSA) is 26.0 Å². The van der Waals surface area contributed by atoms with Crippen LogP contribution in [-0.2, 0) is 0 Å². The van der Waals surface area contributed by atoms with Gasteiger partial charge in [0.15, 0.2) is 0 Å². The fraction of sp³-hybridized carbons (Fsp3) is 0.200. The molecule has 0 saturated heterocycles. The number of benzene rings is 1. The van der Waals surface area contributed by atoms with Crippen LogP contribution in [0.5, 0.6) is 0 Å². The van der Waals surface area contributed by atoms with Crippen LogP contribution in [0, 0.1) is 0 Å². The molecule has 2 N–H and O–H groups in total. The molecule has 1 atom stereocenters. The van der Waals surface area contributed by atoms with Gasteiger partial charge in [-0.25, -0.2) is 0 Å². The Hall–Kier alpha value is -1.24. The van der Waals surface area contributed by atoms with Gasteiger partial charge in [0.2, 0.25) is 0 Å². The summed E-state index contributed by atoms with van der Waals surface area (Å²) in [6.45, 7) is 5.76. The highest BCUT2D eigenvalue weighted by Crippen LogP contribution is 2.17. The molecule has 1 aromatic carbocycles. The van der Waals surface area contributed by atoms with Gasteiger partial charge < -0.3 is 5.73 Å². The minimum absolute atomic E-state index is 0.260. The van der Waals surface area contributed by atoms with Gasteiger partial charge in [-0.2, -0.15) is 0 Å². The van der Waals surface area contributed by atoms with Crippen LogP contribution in [-0.4, -0.2) is 0 Å². The number of hydrogen-bond acceptors (Lipinski definition) is 1. The fourth-order valence-electron chi connectivity index (χ4n) is 0.956. The molecule has 1 aromatic rings. The largest absolute Gasteiger partial charge is 0.402 e. The number of nitrogens with two attached hydrogens (primary N) is 1. The number of rotatable bonds is 2. The second kappa shape index (κ2) is 3.24. The van der Waals surface area contributed by atoms with E-state index in [4.69, 9.17) is 5.73 Å². The SMILES string of the molecule is C=C(N)C(C)c1ccccc1. The van der Waals surface area contributed by atoms with Crippen molar-refractivity contribution in [3.05, 3.63) is 48.2 Å². The summed E-state index contributed by atoms with van der Waals surface area (Å²) < 4.78 is 0. The Kier molecular flexibility index (Phi) is 2.32. The van der Waals surface area contributed by atoms with Crippen LogP contribution in [0.1, 0.15) is 18.4 Å². The Morgan fingerprint density at radius 1 is 1.36 bits per heavy atom. The van der Waals surface area contributed by atoms with Gasteiger partial charge in [-0.15, -0.1) is 0 Å². The molecular formula is C10H13N. The summed E-state index contributed by atoms with van der Waals surface area (Å²) in [6, 6.07) is 10.1. The maximum absolute atomic E-state index is 5.57. The first-order valence-electron chi connectivity index (χ1n) is 3.71. The van der Waals surface area contributed by atoms with Crippen molar-refractivity contribution in [3.8, 4) is 0 Å². The molecule has 1 unspecified atom stereocenters. The Morgan fingerprint density at radius 2 is 1.91 bits per heavy atom. The number of allylic oxidation sites excluding steroid dienone is 1. The second-order valence-electron chi connectivity index (χ2n) is 2.71. The van der Waals surface area contributed by atoms with E-state index in [1.165, 1.54) is 5.56 Å². The maximum Gasteiger partial charge on any atom is 0.0201 e. The zero-order valence-corrected chi connectivity index (χ0v) is 6.75. The van der Waals surface area contributed by atoms with E-state index >= 15 is 0 Å². The molecule has 0 amide bonds. The Labute approximate surface area is 67.5 Å². The molecule has 0 aliphatic carbocycles. The Balaban J connectivity index is 2.85. The van der Waals surface area contributed by atoms with Gasteiger partial charge in [0.1, 0.15) is 0 Å². The first-order valence-corrected chi connectivity index (χ1v) is 3.71. The summed E-state index contributed by atoms with van der Waals surface area (Å²) >= 11 is 0. The highest BCUT2D eigenvalue weighted by Gasteiger charge is 2.03. The van der Waals surface area contributed by atoms with E-state index in [9.17, 15) is 0 Å². The molecule has 1 rings (SSSR count). The quantitative estimate of drug-likeness (QED) is 0.682. The first kappa shape index (κ1) is 7.86. The molecule has 0 heterocycles. The van der Waals surface area contributed by atoms with Crippen LogP contribution in [0.3, 0.4) is 0 Å². The van der Waals surface area contributed by atoms with E-state index in [1.807, 2.05) is 18.2 Å². The summed E-state index contributed by atoms with van der Waals surface area (Å²) in [7, 11) is 0. The number of hydrogen-bond donors (Lipinski definition) is 1. The van der Waals surface area contributed by atoms with Gasteiger partial charge in [0.05, 0.1) is 0 Å². The molecule has 1 heteroatoms. The van der Waals surface area contributed by atoms with Gasteiger partial charge in [-0.05, 0) is 5.56 Å². The van der Waals surface area contributed by atoms with E-state index in [0.717, 1.165) is 5.70 Å². The van der Waals surface area contributed by atoms with Gasteiger partial charge in [0.25, 0.3) is 0 Å². The smallest absolute Gasteiger partial charge is 0.0201 e. The minimum Gasteiger partial charge on any atom is -0.402 e. The van der Waals surface area contributed by atoms with Gasteiger partial charge in [0, 0.05) is 11.6 Å². The fourth-order valence-corrected chi connectivity index (χ4v) is 0.956. The third-order valence-electron chi connectivity index (χ3n) is 1.86. The lowest BCUT2D eigenvalue weighted by Crippen LogP contribution is -2.04. The summed E-state index contributed by atoms with van der Waals surface area (Å²) in [6.07, 6.45) is 0. The predicted molar refractivity (Wildman–Crippen MR) is 48.2 cm³/mol. The summed E-state index contributed by atoms with van der Waals surface area (Å²) in [4.78, 5) is 0. The highest BCUT2D eigenvalue weighted by atomic mass is 14.6. The van der Waals surface area contributed by atoms with E-state index in [2.05, 4.69) is 25.6 Å². The summed E-state index contributed by atoms with van der Waals surface area (Å²) in [5.41, 5.74) is 7.51. The van der Waals surface area contributed by atoms with Gasteiger partial charge >= 0.3 is 0 Å². The van der Waals surface area contributed by atoms with Crippen LogP contribution in [0.4, 0.5) is 0 Å². The third kappa shape index (κ3) is 1.84. The normalized spacial score (nSPS) is 12.5. The Bertz CT molecular complexity index is 238. The molecule has 11 heavy (non-hydrogen) atoms. The zero-order valence-electron chi connectivity index (χ0n) is 6.75. The molecule has 0 fully saturated rings. The van der Waals surface area contributed by atoms with Crippen LogP contribution in [0.25, 0.3) is 0 Å². The lowest BCUT2D eigenvalue weighted by molar-refractivity contribution is 0.883. The second-order valence-corrected chi connectivity index (χ2v) is 2.71. The lowest BCUT2D eigenvalue weighted by Gasteiger charge is -2.09. The molecule has 58 valence electrons. The lowest BCUT2D eigenvalue weighted by atomic mass is 9.99. The van der Waals surface area contributed by atoms with Crippen LogP contribution >= 0.6 is 0 Å². The predicted octanol–water partition coefficient (Wildman–Crippen LogP) is 2.26. The van der Waals surface area contributed by atoms with Crippen molar-refractivity contribution in [1.82, 2.24) is 0 Å². The van der Waals surface area contributed by atoms with E-state index in [0.29, 0.717) is 0 Å². The average Bonchev–Trinajstić information content (AvgIpc) is 2.05. The van der Waals surface area contributed by atoms with Crippen molar-refractivity contribution < 1.29 is 0 Å². The monoisotopic (exact) mass is 147 g/mol. The van der Waals surface area contributed by atoms with Crippen molar-refractivity contribution in [3.63, 3.8) is 0 Å². The molecule has 0 spiro atoms. The highest BCUT2D eigenvalue weighted by molar-refractivity contribution is 5.24. The average molecular weight is 147 g/mol. The molecule has 0 radical (unpaired) electrons. The third-order valence-corrected chi connectivity index (χ3v) is 1.86. The standard InChI is InChI=1S/C10H13N/c1-8(9(2)11)10-6-4-3-5-7-10/h3-8H,2,11H2,1H3. The van der Waals surface area contributed by atoms with Crippen molar-refractivity contribution >= 4 is 0 Å². The molecule has 0 bridgehead atoms. The summed E-state index contributed by atoms with van der Waals surface area (Å²) in [5, 5.41) is 0. The molecule has 0 saturated carbocycles. The van der Waals surface area contributed by atoms with Crippen molar-refractivity contribution in [2.24, 2.45) is 5.73 Å². The molecular weight excluding hydrogens is 134 g/mol. The van der Waals surface area contributed by atoms with Crippen LogP contribution in [0.2, 0.25) is 0 Å². The van der Waals surface area contributed by atoms with E-state index in [-0.39, 0.29) is 5.92 Å². The first-order chi connectivity index (χ1) is 5.22. The van der Waals surface area contributed by atoms with Crippen molar-refractivity contribution in [1.29, 1.82) is 0 Å². The van der Waals surface area contributed by atoms with Crippen molar-refractivity contribution in [2.45, 2.75) is 12.8 Å². The maximum atomic E-state index is 5.57. The van der Waals surface area contributed by atoms with Crippen molar-refractivity contribution in [2.75, 3.05) is 0 Å². The van der Waals surface area contributed by atoms with E-state index in [1.54, 1.807) is 0 Å². The van der Waals surface area contributed by atoms with E-state index < -0.39 is 0 Å². The summed E-state index contributed by atoms with van der Waals surface area (Å²) in [5.74, 6) is 0.260. The molecule has 0 aliphatic heterocycles. The molecule has 1 nitrogen and oxygen atoms in total.